The normalized spacial score (nSPS) is 20.2. The SMILES string of the molecule is CCC(CCC(C)(F)F)c1ccc([C@]2(C)NC(=O)N(CCC(=O)O)C=C2C(C)C)cc1Cl. The van der Waals surface area contributed by atoms with E-state index in [0.717, 1.165) is 23.6 Å². The third-order valence-electron chi connectivity index (χ3n) is 6.12. The topological polar surface area (TPSA) is 69.6 Å². The van der Waals surface area contributed by atoms with Gasteiger partial charge in [-0.05, 0) is 61.3 Å². The third kappa shape index (κ3) is 6.21. The van der Waals surface area contributed by atoms with E-state index in [9.17, 15) is 18.4 Å². The average Bonchev–Trinajstić information content (AvgIpc) is 2.67. The number of aliphatic carboxylic acids is 1. The van der Waals surface area contributed by atoms with Crippen molar-refractivity contribution in [2.24, 2.45) is 5.92 Å². The smallest absolute Gasteiger partial charge is 0.322 e. The van der Waals surface area contributed by atoms with Crippen LogP contribution >= 0.6 is 11.6 Å². The number of carbonyl (C=O) groups excluding carboxylic acids is 1. The molecule has 1 aromatic carbocycles. The molecule has 0 spiro atoms. The van der Waals surface area contributed by atoms with Crippen molar-refractivity contribution in [3.8, 4) is 0 Å². The number of carboxylic acid groups (broad SMARTS) is 1. The molecule has 1 aromatic rings. The van der Waals surface area contributed by atoms with Crippen molar-refractivity contribution in [3.63, 3.8) is 0 Å². The molecule has 2 rings (SSSR count). The summed E-state index contributed by atoms with van der Waals surface area (Å²) in [5.41, 5.74) is 1.70. The number of rotatable bonds is 10. The van der Waals surface area contributed by atoms with E-state index in [4.69, 9.17) is 16.7 Å². The Labute approximate surface area is 193 Å². The fraction of sp³-hybridized carbons (Fsp3) is 0.583. The molecule has 0 aliphatic carbocycles. The lowest BCUT2D eigenvalue weighted by molar-refractivity contribution is -0.137. The Morgan fingerprint density at radius 3 is 2.50 bits per heavy atom. The summed E-state index contributed by atoms with van der Waals surface area (Å²) in [7, 11) is 0. The highest BCUT2D eigenvalue weighted by Gasteiger charge is 2.40. The first-order valence-electron chi connectivity index (χ1n) is 11.0. The number of alkyl halides is 2. The van der Waals surface area contributed by atoms with E-state index in [1.54, 1.807) is 12.3 Å². The second-order valence-corrected chi connectivity index (χ2v) is 9.49. The summed E-state index contributed by atoms with van der Waals surface area (Å²) in [6.07, 6.45) is 2.40. The van der Waals surface area contributed by atoms with Crippen LogP contribution in [-0.2, 0) is 10.3 Å². The lowest BCUT2D eigenvalue weighted by atomic mass is 9.77. The number of hydrogen-bond acceptors (Lipinski definition) is 2. The highest BCUT2D eigenvalue weighted by atomic mass is 35.5. The Morgan fingerprint density at radius 1 is 1.34 bits per heavy atom. The number of carbonyl (C=O) groups is 2. The predicted molar refractivity (Wildman–Crippen MR) is 122 cm³/mol. The maximum absolute atomic E-state index is 13.4. The third-order valence-corrected chi connectivity index (χ3v) is 6.45. The summed E-state index contributed by atoms with van der Waals surface area (Å²) < 4.78 is 26.7. The van der Waals surface area contributed by atoms with Crippen molar-refractivity contribution in [1.29, 1.82) is 0 Å². The minimum atomic E-state index is -2.72. The van der Waals surface area contributed by atoms with Crippen LogP contribution in [0.1, 0.15) is 77.3 Å². The monoisotopic (exact) mass is 470 g/mol. The van der Waals surface area contributed by atoms with Crippen molar-refractivity contribution in [2.45, 2.75) is 77.7 Å². The number of carboxylic acids is 1. The van der Waals surface area contributed by atoms with Gasteiger partial charge in [-0.2, -0.15) is 0 Å². The number of hydrogen-bond donors (Lipinski definition) is 2. The van der Waals surface area contributed by atoms with Gasteiger partial charge in [-0.1, -0.05) is 44.5 Å². The molecule has 0 aromatic heterocycles. The van der Waals surface area contributed by atoms with Crippen molar-refractivity contribution >= 4 is 23.6 Å². The molecule has 1 aliphatic rings. The Balaban J connectivity index is 2.38. The average molecular weight is 471 g/mol. The van der Waals surface area contributed by atoms with E-state index in [0.29, 0.717) is 17.9 Å². The molecule has 32 heavy (non-hydrogen) atoms. The van der Waals surface area contributed by atoms with Crippen molar-refractivity contribution in [1.82, 2.24) is 10.2 Å². The predicted octanol–water partition coefficient (Wildman–Crippen LogP) is 6.52. The summed E-state index contributed by atoms with van der Waals surface area (Å²) in [6, 6.07) is 5.17. The molecule has 0 radical (unpaired) electrons. The lowest BCUT2D eigenvalue weighted by Crippen LogP contribution is -2.55. The summed E-state index contributed by atoms with van der Waals surface area (Å²) in [6.45, 7) is 8.86. The number of benzene rings is 1. The molecule has 1 unspecified atom stereocenters. The van der Waals surface area contributed by atoms with Gasteiger partial charge in [-0.15, -0.1) is 0 Å². The van der Waals surface area contributed by atoms with E-state index in [-0.39, 0.29) is 37.3 Å². The van der Waals surface area contributed by atoms with Crippen LogP contribution in [-0.4, -0.2) is 34.5 Å². The van der Waals surface area contributed by atoms with Crippen LogP contribution in [0.15, 0.2) is 30.0 Å². The van der Waals surface area contributed by atoms with Gasteiger partial charge in [0.1, 0.15) is 0 Å². The van der Waals surface area contributed by atoms with E-state index in [1.807, 2.05) is 39.8 Å². The summed E-state index contributed by atoms with van der Waals surface area (Å²) >= 11 is 6.62. The maximum Gasteiger partial charge on any atom is 0.322 e. The van der Waals surface area contributed by atoms with Gasteiger partial charge in [-0.3, -0.25) is 4.79 Å². The lowest BCUT2D eigenvalue weighted by Gasteiger charge is -2.42. The molecule has 0 fully saturated rings. The molecule has 178 valence electrons. The Bertz CT molecular complexity index is 882. The Hall–Kier alpha value is -2.15. The molecular formula is C24H33ClF2N2O3. The largest absolute Gasteiger partial charge is 0.481 e. The molecule has 2 N–H and O–H groups in total. The molecule has 2 amide bonds. The van der Waals surface area contributed by atoms with E-state index in [1.165, 1.54) is 4.90 Å². The van der Waals surface area contributed by atoms with Gasteiger partial charge in [0, 0.05) is 24.2 Å². The zero-order valence-electron chi connectivity index (χ0n) is 19.3. The zero-order valence-corrected chi connectivity index (χ0v) is 20.1. The number of amides is 2. The van der Waals surface area contributed by atoms with Crippen molar-refractivity contribution < 1.29 is 23.5 Å². The van der Waals surface area contributed by atoms with Crippen LogP contribution in [0.25, 0.3) is 0 Å². The van der Waals surface area contributed by atoms with Gasteiger partial charge in [0.2, 0.25) is 5.92 Å². The van der Waals surface area contributed by atoms with Crippen LogP contribution < -0.4 is 5.32 Å². The number of urea groups is 1. The number of nitrogens with one attached hydrogen (secondary N) is 1. The Kier molecular flexibility index (Phi) is 8.32. The molecule has 5 nitrogen and oxygen atoms in total. The second-order valence-electron chi connectivity index (χ2n) is 9.08. The van der Waals surface area contributed by atoms with Crippen molar-refractivity contribution in [2.75, 3.05) is 6.54 Å². The molecule has 8 heteroatoms. The minimum absolute atomic E-state index is 0.0709. The fourth-order valence-corrected chi connectivity index (χ4v) is 4.57. The van der Waals surface area contributed by atoms with Crippen LogP contribution in [0, 0.1) is 5.92 Å². The molecular weight excluding hydrogens is 438 g/mol. The number of halogens is 3. The fourth-order valence-electron chi connectivity index (χ4n) is 4.24. The van der Waals surface area contributed by atoms with Gasteiger partial charge in [0.25, 0.3) is 0 Å². The molecule has 1 aliphatic heterocycles. The van der Waals surface area contributed by atoms with E-state index >= 15 is 0 Å². The van der Waals surface area contributed by atoms with E-state index in [2.05, 4.69) is 5.32 Å². The summed E-state index contributed by atoms with van der Waals surface area (Å²) in [5.74, 6) is -3.70. The highest BCUT2D eigenvalue weighted by molar-refractivity contribution is 6.31. The van der Waals surface area contributed by atoms with Crippen LogP contribution in [0.4, 0.5) is 13.6 Å². The summed E-state index contributed by atoms with van der Waals surface area (Å²) in [4.78, 5) is 25.0. The van der Waals surface area contributed by atoms with Gasteiger partial charge in [0.15, 0.2) is 0 Å². The first kappa shape index (κ1) is 26.1. The van der Waals surface area contributed by atoms with Gasteiger partial charge >= 0.3 is 12.0 Å². The molecule has 2 atom stereocenters. The van der Waals surface area contributed by atoms with Gasteiger partial charge in [-0.25, -0.2) is 13.6 Å². The first-order chi connectivity index (χ1) is 14.8. The van der Waals surface area contributed by atoms with E-state index < -0.39 is 17.4 Å². The van der Waals surface area contributed by atoms with Crippen molar-refractivity contribution in [3.05, 3.63) is 46.1 Å². The zero-order chi connectivity index (χ0) is 24.3. The second kappa shape index (κ2) is 10.2. The number of nitrogens with zero attached hydrogens (tertiary/aromatic N) is 1. The first-order valence-corrected chi connectivity index (χ1v) is 11.4. The highest BCUT2D eigenvalue weighted by Crippen LogP contribution is 2.40. The summed E-state index contributed by atoms with van der Waals surface area (Å²) in [5, 5.41) is 12.5. The molecule has 0 saturated carbocycles. The van der Waals surface area contributed by atoms with Crippen LogP contribution in [0.3, 0.4) is 0 Å². The van der Waals surface area contributed by atoms with Crippen LogP contribution in [0.5, 0.6) is 0 Å². The van der Waals surface area contributed by atoms with Gasteiger partial charge < -0.3 is 15.3 Å². The Morgan fingerprint density at radius 2 is 2.00 bits per heavy atom. The van der Waals surface area contributed by atoms with Gasteiger partial charge in [0.05, 0.1) is 12.0 Å². The minimum Gasteiger partial charge on any atom is -0.481 e. The molecule has 0 saturated heterocycles. The standard InChI is InChI=1S/C24H33ClF2N2O3/c1-6-16(9-11-23(4,26)27)18-8-7-17(13-20(18)25)24(5)19(15(2)3)14-29(22(32)28-24)12-10-21(30)31/h7-8,13-16H,6,9-12H2,1-5H3,(H,28,32)(H,30,31)/t16?,24-/m0/s1. The molecule has 1 heterocycles. The van der Waals surface area contributed by atoms with Crippen LogP contribution in [0.2, 0.25) is 5.02 Å². The molecule has 0 bridgehead atoms. The maximum atomic E-state index is 13.4. The quantitative estimate of drug-likeness (QED) is 0.408.